The molecule has 112 valence electrons. The lowest BCUT2D eigenvalue weighted by molar-refractivity contribution is -0.0709. The molecule has 1 heterocycles. The van der Waals surface area contributed by atoms with E-state index in [1.165, 1.54) is 0 Å². The summed E-state index contributed by atoms with van der Waals surface area (Å²) in [4.78, 5) is 0. The second-order valence-corrected chi connectivity index (χ2v) is 6.00. The Kier molecular flexibility index (Phi) is 5.17. The molecular formula is C16H24ClNO2. The highest BCUT2D eigenvalue weighted by Crippen LogP contribution is 2.33. The largest absolute Gasteiger partial charge is 0.492 e. The minimum absolute atomic E-state index is 0.0275. The monoisotopic (exact) mass is 297 g/mol. The van der Waals surface area contributed by atoms with Crippen molar-refractivity contribution >= 4 is 17.3 Å². The summed E-state index contributed by atoms with van der Waals surface area (Å²) in [6.45, 7) is 7.79. The van der Waals surface area contributed by atoms with Crippen molar-refractivity contribution < 1.29 is 9.47 Å². The summed E-state index contributed by atoms with van der Waals surface area (Å²) in [5.74, 6) is 0.863. The maximum Gasteiger partial charge on any atom is 0.142 e. The van der Waals surface area contributed by atoms with Crippen LogP contribution in [-0.2, 0) is 4.74 Å². The Bertz CT molecular complexity index is 452. The van der Waals surface area contributed by atoms with Crippen LogP contribution in [-0.4, -0.2) is 24.9 Å². The van der Waals surface area contributed by atoms with Crippen LogP contribution in [0.5, 0.6) is 5.75 Å². The summed E-state index contributed by atoms with van der Waals surface area (Å²) in [5.41, 5.74) is 0.949. The standard InChI is InChI=1S/C16H24ClNO2/c1-4-16(3)11-13(8-9-20-16)18-14-10-12(17)6-7-15(14)19-5-2/h6-7,10,13,18H,4-5,8-9,11H2,1-3H3. The van der Waals surface area contributed by atoms with Gasteiger partial charge in [0.05, 0.1) is 17.9 Å². The van der Waals surface area contributed by atoms with Gasteiger partial charge >= 0.3 is 0 Å². The van der Waals surface area contributed by atoms with E-state index in [9.17, 15) is 0 Å². The maximum atomic E-state index is 6.10. The summed E-state index contributed by atoms with van der Waals surface area (Å²) >= 11 is 6.10. The van der Waals surface area contributed by atoms with E-state index in [1.807, 2.05) is 25.1 Å². The van der Waals surface area contributed by atoms with Crippen LogP contribution in [0.25, 0.3) is 0 Å². The molecule has 2 atom stereocenters. The summed E-state index contributed by atoms with van der Waals surface area (Å²) in [7, 11) is 0. The van der Waals surface area contributed by atoms with Crippen molar-refractivity contribution in [3.05, 3.63) is 23.2 Å². The van der Waals surface area contributed by atoms with E-state index in [2.05, 4.69) is 19.2 Å². The van der Waals surface area contributed by atoms with Crippen LogP contribution in [0.3, 0.4) is 0 Å². The van der Waals surface area contributed by atoms with Crippen LogP contribution in [0.15, 0.2) is 18.2 Å². The average molecular weight is 298 g/mol. The summed E-state index contributed by atoms with van der Waals surface area (Å²) in [5, 5.41) is 4.30. The van der Waals surface area contributed by atoms with Gasteiger partial charge in [-0.1, -0.05) is 18.5 Å². The SMILES string of the molecule is CCOc1ccc(Cl)cc1NC1CCOC(C)(CC)C1. The Morgan fingerprint density at radius 3 is 2.95 bits per heavy atom. The molecule has 0 aromatic heterocycles. The molecule has 1 fully saturated rings. The minimum atomic E-state index is -0.0275. The van der Waals surface area contributed by atoms with Gasteiger partial charge in [-0.25, -0.2) is 0 Å². The molecule has 0 radical (unpaired) electrons. The minimum Gasteiger partial charge on any atom is -0.492 e. The Hall–Kier alpha value is -0.930. The number of ether oxygens (including phenoxy) is 2. The van der Waals surface area contributed by atoms with Gasteiger partial charge in [-0.3, -0.25) is 0 Å². The average Bonchev–Trinajstić information content (AvgIpc) is 2.42. The molecule has 2 unspecified atom stereocenters. The highest BCUT2D eigenvalue weighted by Gasteiger charge is 2.31. The zero-order chi connectivity index (χ0) is 14.6. The third-order valence-electron chi connectivity index (χ3n) is 3.94. The number of anilines is 1. The first-order valence-electron chi connectivity index (χ1n) is 7.39. The lowest BCUT2D eigenvalue weighted by Gasteiger charge is -2.38. The summed E-state index contributed by atoms with van der Waals surface area (Å²) in [6, 6.07) is 6.11. The van der Waals surface area contributed by atoms with E-state index in [0.29, 0.717) is 12.6 Å². The van der Waals surface area contributed by atoms with Crippen molar-refractivity contribution in [2.24, 2.45) is 0 Å². The normalized spacial score (nSPS) is 26.3. The van der Waals surface area contributed by atoms with Crippen LogP contribution in [0.4, 0.5) is 5.69 Å². The second-order valence-electron chi connectivity index (χ2n) is 5.56. The number of hydrogen-bond acceptors (Lipinski definition) is 3. The van der Waals surface area contributed by atoms with E-state index < -0.39 is 0 Å². The molecule has 0 bridgehead atoms. The molecular weight excluding hydrogens is 274 g/mol. The maximum absolute atomic E-state index is 6.10. The van der Waals surface area contributed by atoms with Crippen LogP contribution >= 0.6 is 11.6 Å². The molecule has 0 aliphatic carbocycles. The predicted octanol–water partition coefficient (Wildman–Crippen LogP) is 4.50. The Balaban J connectivity index is 2.10. The first-order valence-corrected chi connectivity index (χ1v) is 7.77. The zero-order valence-electron chi connectivity index (χ0n) is 12.5. The summed E-state index contributed by atoms with van der Waals surface area (Å²) in [6.07, 6.45) is 3.04. The van der Waals surface area contributed by atoms with Crippen molar-refractivity contribution in [1.29, 1.82) is 0 Å². The third-order valence-corrected chi connectivity index (χ3v) is 4.18. The van der Waals surface area contributed by atoms with E-state index in [4.69, 9.17) is 21.1 Å². The third kappa shape index (κ3) is 3.80. The quantitative estimate of drug-likeness (QED) is 0.868. The highest BCUT2D eigenvalue weighted by atomic mass is 35.5. The van der Waals surface area contributed by atoms with E-state index in [0.717, 1.165) is 42.3 Å². The van der Waals surface area contributed by atoms with E-state index in [1.54, 1.807) is 0 Å². The van der Waals surface area contributed by atoms with Crippen molar-refractivity contribution in [3.8, 4) is 5.75 Å². The molecule has 2 rings (SSSR count). The molecule has 1 N–H and O–H groups in total. The first kappa shape index (κ1) is 15.5. The fraction of sp³-hybridized carbons (Fsp3) is 0.625. The fourth-order valence-electron chi connectivity index (χ4n) is 2.62. The molecule has 20 heavy (non-hydrogen) atoms. The van der Waals surface area contributed by atoms with Crippen LogP contribution in [0.1, 0.15) is 40.0 Å². The molecule has 1 saturated heterocycles. The molecule has 1 aliphatic rings. The number of rotatable bonds is 5. The molecule has 3 nitrogen and oxygen atoms in total. The Labute approximate surface area is 126 Å². The van der Waals surface area contributed by atoms with Gasteiger partial charge in [0.15, 0.2) is 0 Å². The Morgan fingerprint density at radius 2 is 2.25 bits per heavy atom. The predicted molar refractivity (Wildman–Crippen MR) is 83.9 cm³/mol. The molecule has 0 spiro atoms. The van der Waals surface area contributed by atoms with Gasteiger partial charge in [-0.05, 0) is 51.3 Å². The lowest BCUT2D eigenvalue weighted by Crippen LogP contribution is -2.41. The number of nitrogens with one attached hydrogen (secondary N) is 1. The number of hydrogen-bond donors (Lipinski definition) is 1. The topological polar surface area (TPSA) is 30.5 Å². The first-order chi connectivity index (χ1) is 9.56. The lowest BCUT2D eigenvalue weighted by atomic mass is 9.90. The van der Waals surface area contributed by atoms with Crippen LogP contribution in [0.2, 0.25) is 5.02 Å². The van der Waals surface area contributed by atoms with Crippen molar-refractivity contribution in [2.45, 2.75) is 51.7 Å². The number of benzene rings is 1. The smallest absolute Gasteiger partial charge is 0.142 e. The van der Waals surface area contributed by atoms with Gasteiger partial charge in [0.1, 0.15) is 5.75 Å². The fourth-order valence-corrected chi connectivity index (χ4v) is 2.79. The molecule has 1 aromatic carbocycles. The van der Waals surface area contributed by atoms with Gasteiger partial charge in [-0.15, -0.1) is 0 Å². The molecule has 0 amide bonds. The zero-order valence-corrected chi connectivity index (χ0v) is 13.3. The highest BCUT2D eigenvalue weighted by molar-refractivity contribution is 6.30. The molecule has 0 saturated carbocycles. The second kappa shape index (κ2) is 6.68. The van der Waals surface area contributed by atoms with E-state index >= 15 is 0 Å². The Morgan fingerprint density at radius 1 is 1.45 bits per heavy atom. The number of halogens is 1. The molecule has 1 aromatic rings. The van der Waals surface area contributed by atoms with E-state index in [-0.39, 0.29) is 5.60 Å². The van der Waals surface area contributed by atoms with Gasteiger partial charge in [0, 0.05) is 17.7 Å². The van der Waals surface area contributed by atoms with Crippen molar-refractivity contribution in [2.75, 3.05) is 18.5 Å². The molecule has 1 aliphatic heterocycles. The van der Waals surface area contributed by atoms with Crippen molar-refractivity contribution in [1.82, 2.24) is 0 Å². The van der Waals surface area contributed by atoms with Gasteiger partial charge in [0.2, 0.25) is 0 Å². The molecule has 4 heteroatoms. The van der Waals surface area contributed by atoms with Gasteiger partial charge < -0.3 is 14.8 Å². The van der Waals surface area contributed by atoms with Gasteiger partial charge in [0.25, 0.3) is 0 Å². The van der Waals surface area contributed by atoms with Crippen molar-refractivity contribution in [3.63, 3.8) is 0 Å². The van der Waals surface area contributed by atoms with Gasteiger partial charge in [-0.2, -0.15) is 0 Å². The summed E-state index contributed by atoms with van der Waals surface area (Å²) < 4.78 is 11.5. The van der Waals surface area contributed by atoms with Crippen LogP contribution in [0, 0.1) is 0 Å². The van der Waals surface area contributed by atoms with Crippen LogP contribution < -0.4 is 10.1 Å².